The summed E-state index contributed by atoms with van der Waals surface area (Å²) in [5, 5.41) is 10.5. The lowest BCUT2D eigenvalue weighted by Crippen LogP contribution is -2.47. The molecule has 6 heteroatoms. The minimum Gasteiger partial charge on any atom is -0.480 e. The highest BCUT2D eigenvalue weighted by Crippen LogP contribution is 2.34. The molecule has 0 aromatic carbocycles. The smallest absolute Gasteiger partial charge is 0.326 e. The van der Waals surface area contributed by atoms with Gasteiger partial charge in [0.05, 0.1) is 5.39 Å². The van der Waals surface area contributed by atoms with Crippen LogP contribution in [0.4, 0.5) is 5.82 Å². The van der Waals surface area contributed by atoms with Crippen molar-refractivity contribution in [1.29, 1.82) is 0 Å². The van der Waals surface area contributed by atoms with E-state index in [0.29, 0.717) is 12.3 Å². The van der Waals surface area contributed by atoms with Crippen LogP contribution >= 0.6 is 11.3 Å². The summed E-state index contributed by atoms with van der Waals surface area (Å²) in [6.07, 6.45) is 3.20. The predicted molar refractivity (Wildman–Crippen MR) is 79.3 cm³/mol. The highest BCUT2D eigenvalue weighted by atomic mass is 32.1. The molecule has 0 spiro atoms. The number of rotatable bonds is 2. The van der Waals surface area contributed by atoms with Crippen molar-refractivity contribution >= 4 is 33.3 Å². The van der Waals surface area contributed by atoms with Gasteiger partial charge >= 0.3 is 5.97 Å². The average Bonchev–Trinajstić information content (AvgIpc) is 2.78. The van der Waals surface area contributed by atoms with Gasteiger partial charge in [0.25, 0.3) is 0 Å². The molecule has 106 valence electrons. The first-order valence-corrected chi connectivity index (χ1v) is 7.58. The van der Waals surface area contributed by atoms with Crippen molar-refractivity contribution in [2.75, 3.05) is 11.4 Å². The lowest BCUT2D eigenvalue weighted by atomic mass is 9.92. The molecule has 2 atom stereocenters. The Bertz CT molecular complexity index is 655. The Kier molecular flexibility index (Phi) is 3.33. The van der Waals surface area contributed by atoms with Gasteiger partial charge in [-0.1, -0.05) is 6.92 Å². The summed E-state index contributed by atoms with van der Waals surface area (Å²) in [6.45, 7) is 4.87. The van der Waals surface area contributed by atoms with E-state index in [1.54, 1.807) is 11.3 Å². The molecule has 1 saturated heterocycles. The van der Waals surface area contributed by atoms with Crippen LogP contribution in [0.3, 0.4) is 0 Å². The number of piperidine rings is 1. The fraction of sp³-hybridized carbons (Fsp3) is 0.500. The molecule has 0 radical (unpaired) electrons. The van der Waals surface area contributed by atoms with E-state index >= 15 is 0 Å². The lowest BCUT2D eigenvalue weighted by molar-refractivity contribution is -0.139. The van der Waals surface area contributed by atoms with Crippen molar-refractivity contribution in [3.8, 4) is 0 Å². The maximum Gasteiger partial charge on any atom is 0.326 e. The molecule has 0 aliphatic carbocycles. The van der Waals surface area contributed by atoms with Crippen molar-refractivity contribution in [2.45, 2.75) is 32.7 Å². The molecule has 2 unspecified atom stereocenters. The molecule has 2 aromatic rings. The third-order valence-corrected chi connectivity index (χ3v) is 4.81. The third-order valence-electron chi connectivity index (χ3n) is 3.85. The summed E-state index contributed by atoms with van der Waals surface area (Å²) < 4.78 is 0. The topological polar surface area (TPSA) is 66.3 Å². The van der Waals surface area contributed by atoms with Gasteiger partial charge in [0, 0.05) is 11.4 Å². The van der Waals surface area contributed by atoms with E-state index in [1.165, 1.54) is 11.2 Å². The maximum absolute atomic E-state index is 11.5. The van der Waals surface area contributed by atoms with E-state index < -0.39 is 12.0 Å². The fourth-order valence-electron chi connectivity index (χ4n) is 2.82. The summed E-state index contributed by atoms with van der Waals surface area (Å²) in [6, 6.07) is 1.56. The van der Waals surface area contributed by atoms with Gasteiger partial charge in [-0.25, -0.2) is 14.8 Å². The summed E-state index contributed by atoms with van der Waals surface area (Å²) in [5.74, 6) is 0.433. The number of thiophene rings is 1. The van der Waals surface area contributed by atoms with Gasteiger partial charge in [0.2, 0.25) is 0 Å². The zero-order valence-electron chi connectivity index (χ0n) is 11.5. The number of aryl methyl sites for hydroxylation is 1. The molecule has 3 heterocycles. The molecule has 1 N–H and O–H groups in total. The van der Waals surface area contributed by atoms with Crippen LogP contribution in [0.25, 0.3) is 10.2 Å². The summed E-state index contributed by atoms with van der Waals surface area (Å²) in [5.41, 5.74) is 0. The van der Waals surface area contributed by atoms with Crippen LogP contribution in [0.2, 0.25) is 0 Å². The van der Waals surface area contributed by atoms with Gasteiger partial charge in [-0.05, 0) is 31.7 Å². The average molecular weight is 291 g/mol. The van der Waals surface area contributed by atoms with Crippen molar-refractivity contribution in [2.24, 2.45) is 5.92 Å². The Balaban J connectivity index is 2.06. The minimum absolute atomic E-state index is 0.439. The van der Waals surface area contributed by atoms with Gasteiger partial charge in [0.1, 0.15) is 23.0 Å². The number of hydrogen-bond acceptors (Lipinski definition) is 5. The zero-order chi connectivity index (χ0) is 14.3. The fourth-order valence-corrected chi connectivity index (χ4v) is 3.66. The first-order valence-electron chi connectivity index (χ1n) is 6.77. The maximum atomic E-state index is 11.5. The molecular weight excluding hydrogens is 274 g/mol. The lowest BCUT2D eigenvalue weighted by Gasteiger charge is -2.37. The summed E-state index contributed by atoms with van der Waals surface area (Å²) in [4.78, 5) is 24.2. The van der Waals surface area contributed by atoms with Crippen LogP contribution < -0.4 is 4.90 Å². The molecule has 0 saturated carbocycles. The van der Waals surface area contributed by atoms with Crippen LogP contribution in [-0.2, 0) is 4.79 Å². The largest absolute Gasteiger partial charge is 0.480 e. The van der Waals surface area contributed by atoms with Crippen molar-refractivity contribution in [3.63, 3.8) is 0 Å². The minimum atomic E-state index is -0.768. The number of anilines is 1. The molecule has 1 fully saturated rings. The monoisotopic (exact) mass is 291 g/mol. The zero-order valence-corrected chi connectivity index (χ0v) is 12.4. The van der Waals surface area contributed by atoms with Crippen LogP contribution in [-0.4, -0.2) is 33.6 Å². The van der Waals surface area contributed by atoms with E-state index in [4.69, 9.17) is 0 Å². The van der Waals surface area contributed by atoms with Crippen LogP contribution in [0.5, 0.6) is 0 Å². The van der Waals surface area contributed by atoms with Gasteiger partial charge in [-0.3, -0.25) is 0 Å². The summed E-state index contributed by atoms with van der Waals surface area (Å²) >= 11 is 1.62. The standard InChI is InChI=1S/C14H17N3O2S/c1-8-3-4-17(11(5-8)14(18)19)12-10-6-9(2)20-13(10)16-7-15-12/h6-8,11H,3-5H2,1-2H3,(H,18,19). The number of carboxylic acids is 1. The number of aromatic nitrogens is 2. The normalized spacial score (nSPS) is 23.2. The van der Waals surface area contributed by atoms with E-state index in [9.17, 15) is 9.90 Å². The highest BCUT2D eigenvalue weighted by molar-refractivity contribution is 7.18. The number of nitrogens with zero attached hydrogens (tertiary/aromatic N) is 3. The Morgan fingerprint density at radius 1 is 1.50 bits per heavy atom. The van der Waals surface area contributed by atoms with Crippen molar-refractivity contribution < 1.29 is 9.90 Å². The predicted octanol–water partition coefficient (Wildman–Crippen LogP) is 2.69. The molecule has 0 bridgehead atoms. The Morgan fingerprint density at radius 3 is 3.05 bits per heavy atom. The molecule has 1 aliphatic rings. The molecule has 3 rings (SSSR count). The molecule has 0 amide bonds. The number of carboxylic acid groups (broad SMARTS) is 1. The number of fused-ring (bicyclic) bond motifs is 1. The quantitative estimate of drug-likeness (QED) is 0.921. The van der Waals surface area contributed by atoms with E-state index in [0.717, 1.165) is 29.0 Å². The van der Waals surface area contributed by atoms with Gasteiger partial charge < -0.3 is 10.0 Å². The van der Waals surface area contributed by atoms with E-state index in [1.807, 2.05) is 17.9 Å². The molecule has 1 aliphatic heterocycles. The second-order valence-corrected chi connectivity index (χ2v) is 6.68. The first-order chi connectivity index (χ1) is 9.56. The van der Waals surface area contributed by atoms with Crippen molar-refractivity contribution in [1.82, 2.24) is 9.97 Å². The number of aliphatic carboxylic acids is 1. The van der Waals surface area contributed by atoms with Gasteiger partial charge in [0.15, 0.2) is 0 Å². The van der Waals surface area contributed by atoms with Gasteiger partial charge in [-0.2, -0.15) is 0 Å². The second-order valence-electron chi connectivity index (χ2n) is 5.45. The van der Waals surface area contributed by atoms with Crippen LogP contribution in [0, 0.1) is 12.8 Å². The molecular formula is C14H17N3O2S. The van der Waals surface area contributed by atoms with E-state index in [-0.39, 0.29) is 0 Å². The van der Waals surface area contributed by atoms with Crippen LogP contribution in [0.1, 0.15) is 24.6 Å². The molecule has 20 heavy (non-hydrogen) atoms. The number of hydrogen-bond donors (Lipinski definition) is 1. The third kappa shape index (κ3) is 2.24. The first kappa shape index (κ1) is 13.3. The Labute approximate surface area is 121 Å². The summed E-state index contributed by atoms with van der Waals surface area (Å²) in [7, 11) is 0. The number of carbonyl (C=O) groups is 1. The van der Waals surface area contributed by atoms with Crippen molar-refractivity contribution in [3.05, 3.63) is 17.3 Å². The van der Waals surface area contributed by atoms with E-state index in [2.05, 4.69) is 16.9 Å². The Morgan fingerprint density at radius 2 is 2.30 bits per heavy atom. The SMILES string of the molecule is Cc1cc2c(N3CCC(C)CC3C(=O)O)ncnc2s1. The molecule has 5 nitrogen and oxygen atoms in total. The second kappa shape index (κ2) is 5.01. The van der Waals surface area contributed by atoms with Crippen LogP contribution in [0.15, 0.2) is 12.4 Å². The van der Waals surface area contributed by atoms with Gasteiger partial charge in [-0.15, -0.1) is 11.3 Å². The highest BCUT2D eigenvalue weighted by Gasteiger charge is 2.33. The Hall–Kier alpha value is -1.69. The molecule has 2 aromatic heterocycles.